The van der Waals surface area contributed by atoms with Crippen LogP contribution in [0.1, 0.15) is 62.3 Å². The van der Waals surface area contributed by atoms with E-state index in [0.717, 1.165) is 12.0 Å². The molecule has 146 valence electrons. The molecule has 1 aliphatic heterocycles. The minimum atomic E-state index is -3.50. The smallest absolute Gasteiger partial charge is 0.180 e. The summed E-state index contributed by atoms with van der Waals surface area (Å²) in [4.78, 5) is 0.218. The van der Waals surface area contributed by atoms with Crippen molar-refractivity contribution in [3.8, 4) is 5.75 Å². The summed E-state index contributed by atoms with van der Waals surface area (Å²) in [7, 11) is -3.50. The molecular weight excluding hydrogens is 426 g/mol. The van der Waals surface area contributed by atoms with Crippen molar-refractivity contribution in [2.24, 2.45) is 0 Å². The summed E-state index contributed by atoms with van der Waals surface area (Å²) in [5.41, 5.74) is 3.01. The maximum atomic E-state index is 13.0. The van der Waals surface area contributed by atoms with Gasteiger partial charge in [0.05, 0.1) is 21.2 Å². The van der Waals surface area contributed by atoms with E-state index < -0.39 is 9.84 Å². The van der Waals surface area contributed by atoms with E-state index in [2.05, 4.69) is 47.2 Å². The highest BCUT2D eigenvalue weighted by Gasteiger charge is 2.34. The fraction of sp³-hybridized carbons (Fsp3) is 0.429. The first kappa shape index (κ1) is 20.4. The van der Waals surface area contributed by atoms with Gasteiger partial charge >= 0.3 is 0 Å². The molecule has 3 rings (SSSR count). The molecule has 2 N–H and O–H groups in total. The van der Waals surface area contributed by atoms with E-state index in [0.29, 0.717) is 22.4 Å². The van der Waals surface area contributed by atoms with E-state index >= 15 is 0 Å². The highest BCUT2D eigenvalue weighted by atomic mass is 79.9. The molecule has 1 unspecified atom stereocenters. The topological polar surface area (TPSA) is 66.4 Å². The second-order valence-corrected chi connectivity index (χ2v) is 10.1. The molecule has 0 saturated carbocycles. The predicted octanol–water partition coefficient (Wildman–Crippen LogP) is 4.91. The monoisotopic (exact) mass is 451 g/mol. The zero-order valence-electron chi connectivity index (χ0n) is 15.9. The normalized spacial score (nSPS) is 22.7. The van der Waals surface area contributed by atoms with Crippen LogP contribution in [0.5, 0.6) is 5.75 Å². The molecule has 0 aromatic heterocycles. The average Bonchev–Trinajstić information content (AvgIpc) is 2.76. The SMILES string of the molecule is CCC(C)c1ccccc1[C@H]1N[C@H](CC)CS(=O)(=O)c2cc(O)c(Br)cc21. The van der Waals surface area contributed by atoms with E-state index in [1.165, 1.54) is 11.6 Å². The van der Waals surface area contributed by atoms with E-state index in [9.17, 15) is 13.5 Å². The number of phenolic OH excluding ortho intramolecular Hbond substituents is 1. The molecule has 0 amide bonds. The number of phenols is 1. The number of sulfone groups is 1. The Morgan fingerprint density at radius 1 is 1.22 bits per heavy atom. The van der Waals surface area contributed by atoms with Crippen LogP contribution >= 0.6 is 15.9 Å². The molecule has 2 aromatic carbocycles. The summed E-state index contributed by atoms with van der Waals surface area (Å²) in [6.07, 6.45) is 1.72. The molecule has 0 saturated heterocycles. The van der Waals surface area contributed by atoms with Crippen LogP contribution in [-0.2, 0) is 9.84 Å². The van der Waals surface area contributed by atoms with Crippen molar-refractivity contribution in [2.45, 2.75) is 56.5 Å². The van der Waals surface area contributed by atoms with Crippen molar-refractivity contribution < 1.29 is 13.5 Å². The van der Waals surface area contributed by atoms with E-state index in [4.69, 9.17) is 0 Å². The summed E-state index contributed by atoms with van der Waals surface area (Å²) in [5, 5.41) is 13.7. The Morgan fingerprint density at radius 3 is 2.59 bits per heavy atom. The zero-order valence-corrected chi connectivity index (χ0v) is 18.3. The van der Waals surface area contributed by atoms with E-state index in [1.54, 1.807) is 6.07 Å². The Balaban J connectivity index is 2.28. The lowest BCUT2D eigenvalue weighted by Gasteiger charge is -2.27. The Morgan fingerprint density at radius 2 is 1.93 bits per heavy atom. The number of aromatic hydroxyl groups is 1. The number of hydrogen-bond acceptors (Lipinski definition) is 4. The van der Waals surface area contributed by atoms with Crippen molar-refractivity contribution >= 4 is 25.8 Å². The molecule has 0 fully saturated rings. The highest BCUT2D eigenvalue weighted by Crippen LogP contribution is 2.40. The molecule has 0 bridgehead atoms. The third kappa shape index (κ3) is 3.93. The number of fused-ring (bicyclic) bond motifs is 1. The first-order valence-electron chi connectivity index (χ1n) is 9.38. The summed E-state index contributed by atoms with van der Waals surface area (Å²) < 4.78 is 26.5. The van der Waals surface area contributed by atoms with Gasteiger partial charge in [-0.25, -0.2) is 8.42 Å². The van der Waals surface area contributed by atoms with Gasteiger partial charge in [0.2, 0.25) is 0 Å². The lowest BCUT2D eigenvalue weighted by molar-refractivity contribution is 0.467. The number of hydrogen-bond donors (Lipinski definition) is 2. The van der Waals surface area contributed by atoms with Crippen LogP contribution in [0.15, 0.2) is 45.8 Å². The Hall–Kier alpha value is -1.37. The zero-order chi connectivity index (χ0) is 19.8. The van der Waals surface area contributed by atoms with E-state index in [1.807, 2.05) is 19.1 Å². The van der Waals surface area contributed by atoms with Gasteiger partial charge < -0.3 is 10.4 Å². The van der Waals surface area contributed by atoms with Crippen molar-refractivity contribution in [1.82, 2.24) is 5.32 Å². The van der Waals surface area contributed by atoms with Gasteiger partial charge in [0.1, 0.15) is 5.75 Å². The van der Waals surface area contributed by atoms with Gasteiger partial charge in [-0.1, -0.05) is 45.0 Å². The van der Waals surface area contributed by atoms with Crippen LogP contribution in [0.3, 0.4) is 0 Å². The van der Waals surface area contributed by atoms with Gasteiger partial charge in [-0.2, -0.15) is 0 Å². The van der Waals surface area contributed by atoms with Gasteiger partial charge in [-0.05, 0) is 57.4 Å². The first-order valence-corrected chi connectivity index (χ1v) is 11.8. The van der Waals surface area contributed by atoms with Crippen LogP contribution in [0, 0.1) is 0 Å². The molecule has 27 heavy (non-hydrogen) atoms. The van der Waals surface area contributed by atoms with Crippen LogP contribution < -0.4 is 5.32 Å². The summed E-state index contributed by atoms with van der Waals surface area (Å²) in [5.74, 6) is 0.340. The molecule has 4 nitrogen and oxygen atoms in total. The van der Waals surface area contributed by atoms with Crippen LogP contribution in [0.4, 0.5) is 0 Å². The first-order chi connectivity index (χ1) is 12.8. The van der Waals surface area contributed by atoms with Gasteiger partial charge in [0, 0.05) is 12.1 Å². The maximum absolute atomic E-state index is 13.0. The molecule has 0 radical (unpaired) electrons. The lowest BCUT2D eigenvalue weighted by atomic mass is 9.87. The summed E-state index contributed by atoms with van der Waals surface area (Å²) in [6.45, 7) is 6.34. The fourth-order valence-electron chi connectivity index (χ4n) is 3.72. The minimum absolute atomic E-state index is 0.0274. The van der Waals surface area contributed by atoms with Crippen LogP contribution in [-0.4, -0.2) is 25.3 Å². The molecule has 2 aromatic rings. The maximum Gasteiger partial charge on any atom is 0.180 e. The van der Waals surface area contributed by atoms with Crippen LogP contribution in [0.2, 0.25) is 0 Å². The quantitative estimate of drug-likeness (QED) is 0.692. The third-order valence-corrected chi connectivity index (χ3v) is 7.99. The largest absolute Gasteiger partial charge is 0.507 e. The van der Waals surface area contributed by atoms with Crippen LogP contribution in [0.25, 0.3) is 0 Å². The van der Waals surface area contributed by atoms with Gasteiger partial charge in [-0.15, -0.1) is 0 Å². The van der Waals surface area contributed by atoms with E-state index in [-0.39, 0.29) is 28.5 Å². The second kappa shape index (κ2) is 7.94. The number of halogens is 1. The van der Waals surface area contributed by atoms with Gasteiger partial charge in [-0.3, -0.25) is 0 Å². The molecule has 0 spiro atoms. The molecular formula is C21H26BrNO3S. The molecule has 3 atom stereocenters. The Bertz CT molecular complexity index is 942. The van der Waals surface area contributed by atoms with Gasteiger partial charge in [0.25, 0.3) is 0 Å². The number of nitrogens with one attached hydrogen (secondary N) is 1. The third-order valence-electron chi connectivity index (χ3n) is 5.49. The predicted molar refractivity (Wildman–Crippen MR) is 112 cm³/mol. The minimum Gasteiger partial charge on any atom is -0.507 e. The second-order valence-electron chi connectivity index (χ2n) is 7.27. The number of rotatable bonds is 4. The standard InChI is InChI=1S/C21H26BrNO3S/c1-4-13(3)15-8-6-7-9-16(15)21-17-10-18(22)19(24)11-20(17)27(25,26)12-14(5-2)23-21/h6-11,13-14,21,23-24H,4-5,12H2,1-3H3/t13?,14-,21-/m1/s1. The summed E-state index contributed by atoms with van der Waals surface area (Å²) >= 11 is 3.36. The average molecular weight is 452 g/mol. The highest BCUT2D eigenvalue weighted by molar-refractivity contribution is 9.10. The molecule has 0 aliphatic carbocycles. The lowest BCUT2D eigenvalue weighted by Crippen LogP contribution is -2.35. The summed E-state index contributed by atoms with van der Waals surface area (Å²) in [6, 6.07) is 11.0. The van der Waals surface area contributed by atoms with Gasteiger partial charge in [0.15, 0.2) is 9.84 Å². The number of benzene rings is 2. The fourth-order valence-corrected chi connectivity index (χ4v) is 5.95. The molecule has 1 heterocycles. The van der Waals surface area contributed by atoms with Crippen molar-refractivity contribution in [2.75, 3.05) is 5.75 Å². The van der Waals surface area contributed by atoms with Crippen molar-refractivity contribution in [3.05, 3.63) is 57.6 Å². The molecule has 6 heteroatoms. The van der Waals surface area contributed by atoms with Crippen molar-refractivity contribution in [1.29, 1.82) is 0 Å². The molecule has 1 aliphatic rings. The Kier molecular flexibility index (Phi) is 5.99. The Labute approximate surface area is 170 Å². The van der Waals surface area contributed by atoms with Crippen molar-refractivity contribution in [3.63, 3.8) is 0 Å².